The molecule has 0 radical (unpaired) electrons. The summed E-state index contributed by atoms with van der Waals surface area (Å²) in [6, 6.07) is 21.5. The number of hydrogen-bond acceptors (Lipinski definition) is 2. The van der Waals surface area contributed by atoms with Crippen molar-refractivity contribution in [1.29, 1.82) is 0 Å². The summed E-state index contributed by atoms with van der Waals surface area (Å²) >= 11 is 0. The van der Waals surface area contributed by atoms with Crippen molar-refractivity contribution in [3.63, 3.8) is 0 Å². The van der Waals surface area contributed by atoms with Crippen LogP contribution in [0.2, 0.25) is 0 Å². The minimum absolute atomic E-state index is 0.274. The van der Waals surface area contributed by atoms with Crippen LogP contribution < -0.4 is 5.32 Å². The van der Waals surface area contributed by atoms with Gasteiger partial charge in [-0.05, 0) is 29.9 Å². The van der Waals surface area contributed by atoms with Crippen molar-refractivity contribution in [3.05, 3.63) is 71.8 Å². The first-order valence-corrected chi connectivity index (χ1v) is 8.28. The summed E-state index contributed by atoms with van der Waals surface area (Å²) in [5.74, 6) is 0.540. The van der Waals surface area contributed by atoms with Crippen LogP contribution in [0.25, 0.3) is 0 Å². The summed E-state index contributed by atoms with van der Waals surface area (Å²) in [4.78, 5) is 0. The van der Waals surface area contributed by atoms with E-state index >= 15 is 0 Å². The molecular formula is C20H27NO. The Morgan fingerprint density at radius 1 is 0.955 bits per heavy atom. The second-order valence-corrected chi connectivity index (χ2v) is 5.79. The van der Waals surface area contributed by atoms with Gasteiger partial charge >= 0.3 is 0 Å². The van der Waals surface area contributed by atoms with E-state index < -0.39 is 0 Å². The topological polar surface area (TPSA) is 32.3 Å². The van der Waals surface area contributed by atoms with Gasteiger partial charge in [0.15, 0.2) is 0 Å². The van der Waals surface area contributed by atoms with E-state index in [4.69, 9.17) is 5.11 Å². The van der Waals surface area contributed by atoms with E-state index in [1.807, 2.05) is 6.07 Å². The Balaban J connectivity index is 2.10. The number of hydrogen-bond donors (Lipinski definition) is 2. The summed E-state index contributed by atoms with van der Waals surface area (Å²) in [5.41, 5.74) is 2.64. The fourth-order valence-electron chi connectivity index (χ4n) is 3.00. The van der Waals surface area contributed by atoms with E-state index in [1.165, 1.54) is 11.1 Å². The van der Waals surface area contributed by atoms with E-state index in [0.717, 1.165) is 25.8 Å². The Morgan fingerprint density at radius 3 is 2.18 bits per heavy atom. The summed E-state index contributed by atoms with van der Waals surface area (Å²) in [5, 5.41) is 12.9. The molecular weight excluding hydrogens is 270 g/mol. The van der Waals surface area contributed by atoms with Gasteiger partial charge in [-0.2, -0.15) is 0 Å². The Bertz CT molecular complexity index is 512. The zero-order chi connectivity index (χ0) is 15.6. The molecule has 0 heterocycles. The molecule has 0 aliphatic carbocycles. The van der Waals surface area contributed by atoms with Gasteiger partial charge in [-0.1, -0.05) is 74.0 Å². The first-order valence-electron chi connectivity index (χ1n) is 8.28. The lowest BCUT2D eigenvalue weighted by Crippen LogP contribution is -2.28. The maximum atomic E-state index is 9.15. The third-order valence-electron chi connectivity index (χ3n) is 4.26. The second kappa shape index (κ2) is 9.39. The number of nitrogens with one attached hydrogen (secondary N) is 1. The average Bonchev–Trinajstić information content (AvgIpc) is 2.59. The Labute approximate surface area is 134 Å². The molecule has 0 bridgehead atoms. The van der Waals surface area contributed by atoms with Crippen LogP contribution in [0.1, 0.15) is 43.4 Å². The van der Waals surface area contributed by atoms with Gasteiger partial charge in [0.25, 0.3) is 0 Å². The number of aliphatic hydroxyl groups excluding tert-OH is 1. The van der Waals surface area contributed by atoms with E-state index in [9.17, 15) is 0 Å². The Morgan fingerprint density at radius 2 is 1.59 bits per heavy atom. The van der Waals surface area contributed by atoms with Crippen LogP contribution in [0.5, 0.6) is 0 Å². The van der Waals surface area contributed by atoms with Crippen molar-refractivity contribution < 1.29 is 5.11 Å². The SMILES string of the molecule is CC[C@H](CCCO)[C@@H](NCc1ccccc1)c1ccccc1. The molecule has 2 aromatic rings. The number of aliphatic hydroxyl groups is 1. The van der Waals surface area contributed by atoms with Crippen molar-refractivity contribution in [1.82, 2.24) is 5.32 Å². The third-order valence-corrected chi connectivity index (χ3v) is 4.26. The lowest BCUT2D eigenvalue weighted by Gasteiger charge is -2.28. The van der Waals surface area contributed by atoms with Crippen LogP contribution in [0, 0.1) is 5.92 Å². The molecule has 0 amide bonds. The lowest BCUT2D eigenvalue weighted by molar-refractivity contribution is 0.250. The molecule has 0 aliphatic rings. The minimum Gasteiger partial charge on any atom is -0.396 e. The predicted octanol–water partition coefficient (Wildman–Crippen LogP) is 4.32. The zero-order valence-corrected chi connectivity index (χ0v) is 13.4. The van der Waals surface area contributed by atoms with E-state index in [1.54, 1.807) is 0 Å². The van der Waals surface area contributed by atoms with Crippen molar-refractivity contribution in [2.24, 2.45) is 5.92 Å². The maximum Gasteiger partial charge on any atom is 0.0431 e. The van der Waals surface area contributed by atoms with Crippen LogP contribution in [0.15, 0.2) is 60.7 Å². The van der Waals surface area contributed by atoms with E-state index in [2.05, 4.69) is 66.8 Å². The smallest absolute Gasteiger partial charge is 0.0431 e. The molecule has 2 N–H and O–H groups in total. The summed E-state index contributed by atoms with van der Waals surface area (Å²) in [7, 11) is 0. The summed E-state index contributed by atoms with van der Waals surface area (Å²) in [6.45, 7) is 3.38. The van der Waals surface area contributed by atoms with E-state index in [-0.39, 0.29) is 6.61 Å². The van der Waals surface area contributed by atoms with Gasteiger partial charge < -0.3 is 10.4 Å². The van der Waals surface area contributed by atoms with Gasteiger partial charge in [0.2, 0.25) is 0 Å². The maximum absolute atomic E-state index is 9.15. The van der Waals surface area contributed by atoms with Crippen LogP contribution in [-0.2, 0) is 6.54 Å². The molecule has 0 aromatic heterocycles. The van der Waals surface area contributed by atoms with Gasteiger partial charge in [-0.25, -0.2) is 0 Å². The molecule has 2 heteroatoms. The van der Waals surface area contributed by atoms with Crippen LogP contribution in [0.4, 0.5) is 0 Å². The predicted molar refractivity (Wildman–Crippen MR) is 92.6 cm³/mol. The van der Waals surface area contributed by atoms with Crippen molar-refractivity contribution in [2.45, 2.75) is 38.8 Å². The van der Waals surface area contributed by atoms with Crippen LogP contribution >= 0.6 is 0 Å². The number of benzene rings is 2. The molecule has 2 atom stereocenters. The van der Waals surface area contributed by atoms with Crippen molar-refractivity contribution in [2.75, 3.05) is 6.61 Å². The number of rotatable bonds is 9. The van der Waals surface area contributed by atoms with Gasteiger partial charge in [-0.15, -0.1) is 0 Å². The lowest BCUT2D eigenvalue weighted by atomic mass is 9.87. The normalized spacial score (nSPS) is 13.7. The van der Waals surface area contributed by atoms with Crippen LogP contribution in [-0.4, -0.2) is 11.7 Å². The Kier molecular flexibility index (Phi) is 7.14. The van der Waals surface area contributed by atoms with Gasteiger partial charge in [0.05, 0.1) is 0 Å². The fraction of sp³-hybridized carbons (Fsp3) is 0.400. The molecule has 0 aliphatic heterocycles. The first kappa shape index (κ1) is 16.7. The molecule has 118 valence electrons. The molecule has 0 fully saturated rings. The standard InChI is InChI=1S/C20H27NO/c1-2-18(14-9-15-22)20(19-12-7-4-8-13-19)21-16-17-10-5-3-6-11-17/h3-8,10-13,18,20-22H,2,9,14-16H2,1H3/t18-,20-/m1/s1. The molecule has 0 saturated carbocycles. The van der Waals surface area contributed by atoms with Gasteiger partial charge in [-0.3, -0.25) is 0 Å². The average molecular weight is 297 g/mol. The fourth-order valence-corrected chi connectivity index (χ4v) is 3.00. The monoisotopic (exact) mass is 297 g/mol. The van der Waals surface area contributed by atoms with E-state index in [0.29, 0.717) is 12.0 Å². The van der Waals surface area contributed by atoms with Crippen LogP contribution in [0.3, 0.4) is 0 Å². The molecule has 0 spiro atoms. The summed E-state index contributed by atoms with van der Waals surface area (Å²) in [6.07, 6.45) is 3.03. The highest BCUT2D eigenvalue weighted by atomic mass is 16.2. The van der Waals surface area contributed by atoms with Gasteiger partial charge in [0.1, 0.15) is 0 Å². The molecule has 0 unspecified atom stereocenters. The zero-order valence-electron chi connectivity index (χ0n) is 13.4. The van der Waals surface area contributed by atoms with Crippen molar-refractivity contribution >= 4 is 0 Å². The minimum atomic E-state index is 0.274. The largest absolute Gasteiger partial charge is 0.396 e. The van der Waals surface area contributed by atoms with Gasteiger partial charge in [0, 0.05) is 19.2 Å². The van der Waals surface area contributed by atoms with Crippen molar-refractivity contribution in [3.8, 4) is 0 Å². The highest BCUT2D eigenvalue weighted by Crippen LogP contribution is 2.28. The quantitative estimate of drug-likeness (QED) is 0.722. The highest BCUT2D eigenvalue weighted by Gasteiger charge is 2.20. The molecule has 2 nitrogen and oxygen atoms in total. The first-order chi connectivity index (χ1) is 10.8. The second-order valence-electron chi connectivity index (χ2n) is 5.79. The molecule has 2 rings (SSSR count). The molecule has 0 saturated heterocycles. The molecule has 2 aromatic carbocycles. The summed E-state index contributed by atoms with van der Waals surface area (Å²) < 4.78 is 0. The third kappa shape index (κ3) is 4.97. The molecule has 22 heavy (non-hydrogen) atoms. The highest BCUT2D eigenvalue weighted by molar-refractivity contribution is 5.21. The Hall–Kier alpha value is -1.64.